The van der Waals surface area contributed by atoms with Crippen LogP contribution in [0.25, 0.3) is 33.3 Å². The zero-order chi connectivity index (χ0) is 21.7. The molecule has 0 unspecified atom stereocenters. The molecule has 3 heterocycles. The molecule has 0 atom stereocenters. The van der Waals surface area contributed by atoms with Gasteiger partial charge in [0.25, 0.3) is 0 Å². The third-order valence-corrected chi connectivity index (χ3v) is 6.73. The first-order valence-electron chi connectivity index (χ1n) is 11.2. The van der Waals surface area contributed by atoms with Crippen LogP contribution in [0.4, 0.5) is 5.82 Å². The van der Waals surface area contributed by atoms with Crippen molar-refractivity contribution in [1.29, 1.82) is 0 Å². The predicted octanol–water partition coefficient (Wildman–Crippen LogP) is 4.75. The van der Waals surface area contributed by atoms with E-state index in [4.69, 9.17) is 15.7 Å². The van der Waals surface area contributed by atoms with Gasteiger partial charge in [-0.05, 0) is 49.3 Å². The molecule has 0 spiro atoms. The topological polar surface area (TPSA) is 89.3 Å². The molecule has 4 aromatic rings. The molecule has 32 heavy (non-hydrogen) atoms. The summed E-state index contributed by atoms with van der Waals surface area (Å²) in [5, 5.41) is 10.5. The van der Waals surface area contributed by atoms with E-state index in [-0.39, 0.29) is 6.61 Å². The summed E-state index contributed by atoms with van der Waals surface area (Å²) in [6.45, 7) is 0.237. The third-order valence-electron chi connectivity index (χ3n) is 6.73. The number of aromatic nitrogens is 4. The molecule has 0 saturated heterocycles. The molecule has 3 aromatic heterocycles. The van der Waals surface area contributed by atoms with Crippen LogP contribution in [-0.4, -0.2) is 31.1 Å². The first-order valence-corrected chi connectivity index (χ1v) is 11.2. The van der Waals surface area contributed by atoms with E-state index >= 15 is 0 Å². The van der Waals surface area contributed by atoms with Crippen LogP contribution in [-0.2, 0) is 0 Å². The molecule has 1 fully saturated rings. The molecule has 0 radical (unpaired) electrons. The average molecular weight is 424 g/mol. The van der Waals surface area contributed by atoms with Crippen molar-refractivity contribution in [2.75, 3.05) is 12.3 Å². The SMILES string of the molecule is Nc1nccn2c1c(-c1ccc3ccc(C4=CCCC=C4)nc3c1)nc2[C@H]1C[C@@H](CO)C1. The van der Waals surface area contributed by atoms with Crippen LogP contribution in [0.2, 0.25) is 0 Å². The van der Waals surface area contributed by atoms with Gasteiger partial charge in [-0.2, -0.15) is 0 Å². The van der Waals surface area contributed by atoms with Gasteiger partial charge >= 0.3 is 0 Å². The van der Waals surface area contributed by atoms with Gasteiger partial charge in [0.1, 0.15) is 22.9 Å². The lowest BCUT2D eigenvalue weighted by Crippen LogP contribution is -2.26. The Morgan fingerprint density at radius 3 is 2.78 bits per heavy atom. The lowest BCUT2D eigenvalue weighted by molar-refractivity contribution is 0.138. The number of hydrogen-bond donors (Lipinski definition) is 2. The van der Waals surface area contributed by atoms with Crippen LogP contribution >= 0.6 is 0 Å². The molecular formula is C26H25N5O. The lowest BCUT2D eigenvalue weighted by atomic mass is 9.75. The Morgan fingerprint density at radius 2 is 1.97 bits per heavy atom. The van der Waals surface area contributed by atoms with E-state index < -0.39 is 0 Å². The number of anilines is 1. The largest absolute Gasteiger partial charge is 0.396 e. The summed E-state index contributed by atoms with van der Waals surface area (Å²) >= 11 is 0. The highest BCUT2D eigenvalue weighted by molar-refractivity contribution is 5.91. The average Bonchev–Trinajstić information content (AvgIpc) is 3.19. The Balaban J connectivity index is 1.47. The van der Waals surface area contributed by atoms with Gasteiger partial charge in [-0.3, -0.25) is 4.40 Å². The lowest BCUT2D eigenvalue weighted by Gasteiger charge is -2.32. The van der Waals surface area contributed by atoms with Gasteiger partial charge in [0, 0.05) is 35.9 Å². The number of allylic oxidation sites excluding steroid dienone is 4. The fourth-order valence-corrected chi connectivity index (χ4v) is 4.90. The molecular weight excluding hydrogens is 398 g/mol. The molecule has 1 aromatic carbocycles. The Labute approximate surface area is 186 Å². The summed E-state index contributed by atoms with van der Waals surface area (Å²) in [5.74, 6) is 2.15. The van der Waals surface area contributed by atoms with E-state index in [9.17, 15) is 5.11 Å². The second-order valence-corrected chi connectivity index (χ2v) is 8.81. The monoisotopic (exact) mass is 423 g/mol. The fraction of sp³-hybridized carbons (Fsp3) is 0.269. The van der Waals surface area contributed by atoms with Gasteiger partial charge in [0.2, 0.25) is 0 Å². The second-order valence-electron chi connectivity index (χ2n) is 8.81. The van der Waals surface area contributed by atoms with Crippen LogP contribution in [0.15, 0.2) is 61.0 Å². The maximum absolute atomic E-state index is 9.44. The third kappa shape index (κ3) is 3.10. The smallest absolute Gasteiger partial charge is 0.150 e. The number of fused-ring (bicyclic) bond motifs is 2. The van der Waals surface area contributed by atoms with Crippen LogP contribution in [0.5, 0.6) is 0 Å². The molecule has 1 saturated carbocycles. The Kier molecular flexibility index (Phi) is 4.54. The van der Waals surface area contributed by atoms with Crippen LogP contribution < -0.4 is 5.73 Å². The van der Waals surface area contributed by atoms with E-state index in [1.54, 1.807) is 6.20 Å². The van der Waals surface area contributed by atoms with Crippen LogP contribution in [0.1, 0.15) is 43.1 Å². The van der Waals surface area contributed by atoms with Crippen molar-refractivity contribution in [3.8, 4) is 11.3 Å². The van der Waals surface area contributed by atoms with Crippen molar-refractivity contribution >= 4 is 27.8 Å². The number of nitrogen functional groups attached to an aromatic ring is 1. The second kappa shape index (κ2) is 7.57. The zero-order valence-electron chi connectivity index (χ0n) is 17.8. The van der Waals surface area contributed by atoms with Crippen molar-refractivity contribution in [2.45, 2.75) is 31.6 Å². The number of nitrogens with zero attached hydrogens (tertiary/aromatic N) is 4. The number of imidazole rings is 1. The first kappa shape index (κ1) is 19.2. The standard InChI is InChI=1S/C26H25N5O/c27-25-24-23(30-26(31(24)11-10-28-25)20-12-16(13-20)15-32)19-7-6-18-8-9-21(29-22(18)14-19)17-4-2-1-3-5-17/h2,4-11,14,16,20,32H,1,3,12-13,15H2,(H2,27,28)/t16-,20+. The van der Waals surface area contributed by atoms with Gasteiger partial charge in [0.15, 0.2) is 0 Å². The molecule has 0 bridgehead atoms. The zero-order valence-corrected chi connectivity index (χ0v) is 17.8. The van der Waals surface area contributed by atoms with E-state index in [2.05, 4.69) is 57.9 Å². The Morgan fingerprint density at radius 1 is 1.09 bits per heavy atom. The first-order chi connectivity index (χ1) is 15.7. The van der Waals surface area contributed by atoms with Crippen LogP contribution in [0, 0.1) is 5.92 Å². The summed E-state index contributed by atoms with van der Waals surface area (Å²) in [6, 6.07) is 10.5. The normalized spacial score (nSPS) is 20.5. The number of aliphatic hydroxyl groups is 1. The summed E-state index contributed by atoms with van der Waals surface area (Å²) in [6.07, 6.45) is 14.3. The highest BCUT2D eigenvalue weighted by Gasteiger charge is 2.33. The van der Waals surface area contributed by atoms with Crippen molar-refractivity contribution in [2.24, 2.45) is 5.92 Å². The number of pyridine rings is 1. The maximum atomic E-state index is 9.44. The Bertz CT molecular complexity index is 1390. The molecule has 2 aliphatic rings. The summed E-state index contributed by atoms with van der Waals surface area (Å²) in [5.41, 5.74) is 12.1. The number of rotatable bonds is 4. The molecule has 0 aliphatic heterocycles. The van der Waals surface area contributed by atoms with E-state index in [0.717, 1.165) is 64.9 Å². The minimum atomic E-state index is 0.237. The summed E-state index contributed by atoms with van der Waals surface area (Å²) in [7, 11) is 0. The number of aliphatic hydroxyl groups excluding tert-OH is 1. The van der Waals surface area contributed by atoms with Gasteiger partial charge in [-0.15, -0.1) is 0 Å². The molecule has 6 nitrogen and oxygen atoms in total. The van der Waals surface area contributed by atoms with Gasteiger partial charge in [-0.1, -0.05) is 36.4 Å². The van der Waals surface area contributed by atoms with Crippen molar-refractivity contribution < 1.29 is 5.11 Å². The molecule has 6 rings (SSSR count). The van der Waals surface area contributed by atoms with Gasteiger partial charge < -0.3 is 10.8 Å². The van der Waals surface area contributed by atoms with E-state index in [1.165, 1.54) is 5.57 Å². The molecule has 2 aliphatic carbocycles. The number of benzene rings is 1. The summed E-state index contributed by atoms with van der Waals surface area (Å²) < 4.78 is 2.07. The van der Waals surface area contributed by atoms with E-state index in [0.29, 0.717) is 17.7 Å². The minimum absolute atomic E-state index is 0.237. The maximum Gasteiger partial charge on any atom is 0.150 e. The molecule has 3 N–H and O–H groups in total. The fourth-order valence-electron chi connectivity index (χ4n) is 4.90. The molecule has 6 heteroatoms. The number of hydrogen-bond acceptors (Lipinski definition) is 5. The molecule has 0 amide bonds. The van der Waals surface area contributed by atoms with Crippen molar-refractivity contribution in [1.82, 2.24) is 19.4 Å². The van der Waals surface area contributed by atoms with Crippen molar-refractivity contribution in [3.63, 3.8) is 0 Å². The highest BCUT2D eigenvalue weighted by Crippen LogP contribution is 2.43. The predicted molar refractivity (Wildman–Crippen MR) is 127 cm³/mol. The number of nitrogens with two attached hydrogens (primary N) is 1. The highest BCUT2D eigenvalue weighted by atomic mass is 16.3. The summed E-state index contributed by atoms with van der Waals surface area (Å²) in [4.78, 5) is 14.3. The van der Waals surface area contributed by atoms with Gasteiger partial charge in [-0.25, -0.2) is 15.0 Å². The molecule has 160 valence electrons. The minimum Gasteiger partial charge on any atom is -0.396 e. The van der Waals surface area contributed by atoms with Crippen LogP contribution in [0.3, 0.4) is 0 Å². The Hall–Kier alpha value is -3.51. The van der Waals surface area contributed by atoms with E-state index in [1.807, 2.05) is 6.20 Å². The van der Waals surface area contributed by atoms with Gasteiger partial charge in [0.05, 0.1) is 11.2 Å². The van der Waals surface area contributed by atoms with Crippen molar-refractivity contribution in [3.05, 3.63) is 72.5 Å². The quantitative estimate of drug-likeness (QED) is 0.495.